The Balaban J connectivity index is 5.26. The number of carbonyl (C=O) groups is 4. The highest BCUT2D eigenvalue weighted by atomic mass is 31.2. The van der Waals surface area contributed by atoms with Crippen LogP contribution in [0.25, 0.3) is 0 Å². The maximum Gasteiger partial charge on any atom is 0.472 e. The monoisotopic (exact) mass is 1490 g/mol. The van der Waals surface area contributed by atoms with Gasteiger partial charge in [0, 0.05) is 25.7 Å². The third-order valence-electron chi connectivity index (χ3n) is 19.7. The molecule has 0 fully saturated rings. The Bertz CT molecular complexity index is 1980. The second-order valence-electron chi connectivity index (χ2n) is 31.1. The van der Waals surface area contributed by atoms with Gasteiger partial charge < -0.3 is 33.8 Å². The maximum atomic E-state index is 13.1. The third-order valence-corrected chi connectivity index (χ3v) is 21.6. The number of phosphoric acid groups is 2. The van der Waals surface area contributed by atoms with Crippen LogP contribution in [-0.2, 0) is 65.4 Å². The summed E-state index contributed by atoms with van der Waals surface area (Å²) in [5, 5.41) is 10.7. The van der Waals surface area contributed by atoms with Gasteiger partial charge in [0.2, 0.25) is 0 Å². The molecule has 6 atom stereocenters. The van der Waals surface area contributed by atoms with Gasteiger partial charge in [-0.05, 0) is 43.4 Å². The first kappa shape index (κ1) is 100. The van der Waals surface area contributed by atoms with Crippen LogP contribution in [0.3, 0.4) is 0 Å². The standard InChI is InChI=1S/C83H162O17P2/c1-8-10-11-12-13-14-15-16-17-18-19-20-21-26-29-37-45-52-59-66-82(87)99-78(70-93-80(85)64-57-50-43-36-28-25-23-22-24-27-33-40-47-54-61-74(3)4)72-97-101(89,90)95-68-77(84)69-96-102(91,92)98-73-79(71-94-81(86)65-58-51-44-39-32-34-41-48-55-62-75(5)6)100-83(88)67-60-53-46-38-31-30-35-42-49-56-63-76(7)9-2/h74-79,84H,8-73H2,1-7H3,(H,89,90)(H,91,92)/t76?,77-,78-,79-/m1/s1. The van der Waals surface area contributed by atoms with E-state index in [1.165, 1.54) is 244 Å². The third kappa shape index (κ3) is 74.9. The second-order valence-corrected chi connectivity index (χ2v) is 34.0. The minimum atomic E-state index is -4.96. The van der Waals surface area contributed by atoms with Gasteiger partial charge in [-0.3, -0.25) is 37.3 Å². The van der Waals surface area contributed by atoms with Crippen molar-refractivity contribution >= 4 is 39.5 Å². The molecule has 3 N–H and O–H groups in total. The van der Waals surface area contributed by atoms with Crippen LogP contribution in [0.15, 0.2) is 0 Å². The molecular formula is C83H162O17P2. The summed E-state index contributed by atoms with van der Waals surface area (Å²) in [7, 11) is -9.93. The number of rotatable bonds is 81. The average Bonchev–Trinajstić information content (AvgIpc) is 0.919. The molecule has 0 aliphatic heterocycles. The second kappa shape index (κ2) is 73.2. The molecule has 0 aromatic carbocycles. The molecule has 0 saturated heterocycles. The topological polar surface area (TPSA) is 237 Å². The molecule has 19 heteroatoms. The molecule has 0 saturated carbocycles. The van der Waals surface area contributed by atoms with E-state index in [2.05, 4.69) is 48.5 Å². The first-order valence-corrected chi connectivity index (χ1v) is 45.9. The predicted molar refractivity (Wildman–Crippen MR) is 418 cm³/mol. The van der Waals surface area contributed by atoms with Gasteiger partial charge in [0.15, 0.2) is 12.2 Å². The molecule has 102 heavy (non-hydrogen) atoms. The van der Waals surface area contributed by atoms with E-state index in [4.69, 9.17) is 37.0 Å². The van der Waals surface area contributed by atoms with Crippen LogP contribution in [0.5, 0.6) is 0 Å². The van der Waals surface area contributed by atoms with E-state index in [1.54, 1.807) is 0 Å². The fourth-order valence-electron chi connectivity index (χ4n) is 12.8. The van der Waals surface area contributed by atoms with Crippen molar-refractivity contribution < 1.29 is 80.2 Å². The first-order valence-electron chi connectivity index (χ1n) is 42.9. The van der Waals surface area contributed by atoms with Crippen molar-refractivity contribution in [2.24, 2.45) is 17.8 Å². The average molecular weight is 1490 g/mol. The van der Waals surface area contributed by atoms with E-state index in [0.29, 0.717) is 25.7 Å². The molecule has 0 bridgehead atoms. The molecule has 0 amide bonds. The number of aliphatic hydroxyl groups is 1. The summed E-state index contributed by atoms with van der Waals surface area (Å²) in [5.41, 5.74) is 0. The highest BCUT2D eigenvalue weighted by molar-refractivity contribution is 7.47. The summed E-state index contributed by atoms with van der Waals surface area (Å²) in [4.78, 5) is 73.1. The molecule has 0 heterocycles. The lowest BCUT2D eigenvalue weighted by molar-refractivity contribution is -0.161. The number of carbonyl (C=O) groups excluding carboxylic acids is 4. The highest BCUT2D eigenvalue weighted by Crippen LogP contribution is 2.45. The first-order chi connectivity index (χ1) is 49.3. The van der Waals surface area contributed by atoms with Crippen LogP contribution in [0, 0.1) is 17.8 Å². The molecule has 0 spiro atoms. The Kier molecular flexibility index (Phi) is 71.8. The molecule has 0 aromatic rings. The van der Waals surface area contributed by atoms with Crippen LogP contribution in [0.4, 0.5) is 0 Å². The summed E-state index contributed by atoms with van der Waals surface area (Å²) in [6.07, 6.45) is 62.4. The maximum absolute atomic E-state index is 13.1. The normalized spacial score (nSPS) is 14.2. The molecular weight excluding hydrogens is 1330 g/mol. The number of hydrogen-bond acceptors (Lipinski definition) is 15. The number of hydrogen-bond donors (Lipinski definition) is 3. The fourth-order valence-corrected chi connectivity index (χ4v) is 14.4. The van der Waals surface area contributed by atoms with E-state index in [-0.39, 0.29) is 25.7 Å². The summed E-state index contributed by atoms with van der Waals surface area (Å²) in [5.74, 6) is 0.238. The van der Waals surface area contributed by atoms with Crippen molar-refractivity contribution in [1.29, 1.82) is 0 Å². The van der Waals surface area contributed by atoms with Crippen molar-refractivity contribution in [2.45, 2.75) is 452 Å². The Morgan fingerprint density at radius 3 is 0.745 bits per heavy atom. The van der Waals surface area contributed by atoms with Gasteiger partial charge in [0.1, 0.15) is 19.3 Å². The van der Waals surface area contributed by atoms with Crippen LogP contribution in [-0.4, -0.2) is 96.7 Å². The SMILES string of the molecule is CCCCCCCCCCCCCCCCCCCCCC(=O)O[C@H](COC(=O)CCCCCCCCCCCCCCCCC(C)C)COP(=O)(O)OC[C@@H](O)COP(=O)(O)OC[C@@H](COC(=O)CCCCCCCCCCCC(C)C)OC(=O)CCCCCCCCCCCCC(C)CC. The quantitative estimate of drug-likeness (QED) is 0.0222. The van der Waals surface area contributed by atoms with Crippen molar-refractivity contribution in [1.82, 2.24) is 0 Å². The lowest BCUT2D eigenvalue weighted by Crippen LogP contribution is -2.30. The predicted octanol–water partition coefficient (Wildman–Crippen LogP) is 24.9. The van der Waals surface area contributed by atoms with E-state index in [1.807, 2.05) is 0 Å². The fraction of sp³-hybridized carbons (Fsp3) is 0.952. The van der Waals surface area contributed by atoms with Crippen LogP contribution in [0.1, 0.15) is 434 Å². The summed E-state index contributed by atoms with van der Waals surface area (Å²) in [6, 6.07) is 0. The molecule has 0 rings (SSSR count). The van der Waals surface area contributed by atoms with Crippen LogP contribution in [0.2, 0.25) is 0 Å². The minimum Gasteiger partial charge on any atom is -0.462 e. The highest BCUT2D eigenvalue weighted by Gasteiger charge is 2.30. The van der Waals surface area contributed by atoms with Crippen LogP contribution < -0.4 is 0 Å². The largest absolute Gasteiger partial charge is 0.472 e. The molecule has 17 nitrogen and oxygen atoms in total. The van der Waals surface area contributed by atoms with E-state index < -0.39 is 97.5 Å². The lowest BCUT2D eigenvalue weighted by atomic mass is 9.99. The Hall–Kier alpha value is -1.94. The van der Waals surface area contributed by atoms with E-state index >= 15 is 0 Å². The smallest absolute Gasteiger partial charge is 0.462 e. The van der Waals surface area contributed by atoms with Gasteiger partial charge in [-0.1, -0.05) is 382 Å². The van der Waals surface area contributed by atoms with E-state index in [0.717, 1.165) is 108 Å². The summed E-state index contributed by atoms with van der Waals surface area (Å²) in [6.45, 7) is 12.0. The van der Waals surface area contributed by atoms with Gasteiger partial charge in [-0.2, -0.15) is 0 Å². The van der Waals surface area contributed by atoms with Crippen molar-refractivity contribution in [3.05, 3.63) is 0 Å². The molecule has 0 aromatic heterocycles. The summed E-state index contributed by atoms with van der Waals surface area (Å²) >= 11 is 0. The number of ether oxygens (including phenoxy) is 4. The van der Waals surface area contributed by atoms with Gasteiger partial charge in [-0.25, -0.2) is 9.13 Å². The van der Waals surface area contributed by atoms with Gasteiger partial charge in [0.05, 0.1) is 26.4 Å². The number of phosphoric ester groups is 2. The Morgan fingerprint density at radius 1 is 0.284 bits per heavy atom. The Morgan fingerprint density at radius 2 is 0.500 bits per heavy atom. The van der Waals surface area contributed by atoms with E-state index in [9.17, 15) is 43.2 Å². The number of unbranched alkanes of at least 4 members (excludes halogenated alkanes) is 48. The molecule has 0 aliphatic carbocycles. The number of esters is 4. The zero-order valence-corrected chi connectivity index (χ0v) is 68.9. The van der Waals surface area contributed by atoms with Crippen LogP contribution >= 0.6 is 15.6 Å². The van der Waals surface area contributed by atoms with Crippen molar-refractivity contribution in [3.8, 4) is 0 Å². The van der Waals surface area contributed by atoms with Crippen molar-refractivity contribution in [3.63, 3.8) is 0 Å². The molecule has 606 valence electrons. The molecule has 0 radical (unpaired) electrons. The zero-order chi connectivity index (χ0) is 75.1. The molecule has 0 aliphatic rings. The minimum absolute atomic E-state index is 0.106. The van der Waals surface area contributed by atoms with Gasteiger partial charge in [0.25, 0.3) is 0 Å². The zero-order valence-electron chi connectivity index (χ0n) is 67.1. The Labute approximate surface area is 626 Å². The lowest BCUT2D eigenvalue weighted by Gasteiger charge is -2.21. The summed E-state index contributed by atoms with van der Waals surface area (Å²) < 4.78 is 68.8. The number of aliphatic hydroxyl groups excluding tert-OH is 1. The van der Waals surface area contributed by atoms with Gasteiger partial charge in [-0.15, -0.1) is 0 Å². The van der Waals surface area contributed by atoms with Crippen molar-refractivity contribution in [2.75, 3.05) is 39.6 Å². The molecule has 3 unspecified atom stereocenters. The van der Waals surface area contributed by atoms with Gasteiger partial charge >= 0.3 is 39.5 Å².